The second kappa shape index (κ2) is 10.2. The van der Waals surface area contributed by atoms with E-state index >= 15 is 0 Å². The molecular formula is C29H22BrN3O3S. The molecule has 0 aliphatic heterocycles. The van der Waals surface area contributed by atoms with Gasteiger partial charge >= 0.3 is 0 Å². The smallest absolute Gasteiger partial charge is 0.261 e. The first-order chi connectivity index (χ1) is 17.8. The van der Waals surface area contributed by atoms with Crippen molar-refractivity contribution in [2.75, 3.05) is 10.0 Å². The second-order valence-electron chi connectivity index (χ2n) is 8.53. The highest BCUT2D eigenvalue weighted by Gasteiger charge is 2.16. The van der Waals surface area contributed by atoms with E-state index < -0.39 is 10.0 Å². The summed E-state index contributed by atoms with van der Waals surface area (Å²) in [5.41, 5.74) is 4.71. The summed E-state index contributed by atoms with van der Waals surface area (Å²) in [4.78, 5) is 18.3. The fraction of sp³-hybridized carbons (Fsp3) is 0.0345. The van der Waals surface area contributed by atoms with Crippen LogP contribution in [0.3, 0.4) is 0 Å². The third-order valence-corrected chi connectivity index (χ3v) is 7.75. The Morgan fingerprint density at radius 3 is 2.16 bits per heavy atom. The van der Waals surface area contributed by atoms with Crippen molar-refractivity contribution in [1.82, 2.24) is 4.98 Å². The van der Waals surface area contributed by atoms with Crippen LogP contribution in [0.25, 0.3) is 22.2 Å². The molecule has 1 aromatic heterocycles. The van der Waals surface area contributed by atoms with E-state index in [9.17, 15) is 13.2 Å². The predicted molar refractivity (Wildman–Crippen MR) is 151 cm³/mol. The van der Waals surface area contributed by atoms with E-state index in [0.29, 0.717) is 28.1 Å². The van der Waals surface area contributed by atoms with Crippen molar-refractivity contribution < 1.29 is 13.2 Å². The first-order valence-corrected chi connectivity index (χ1v) is 13.7. The van der Waals surface area contributed by atoms with Gasteiger partial charge in [0, 0.05) is 26.8 Å². The van der Waals surface area contributed by atoms with Gasteiger partial charge in [-0.05, 0) is 67.6 Å². The number of nitrogens with zero attached hydrogens (tertiary/aromatic N) is 1. The summed E-state index contributed by atoms with van der Waals surface area (Å²) in [6, 6.07) is 30.2. The molecule has 0 unspecified atom stereocenters. The van der Waals surface area contributed by atoms with Crippen LogP contribution in [-0.2, 0) is 10.0 Å². The Kier molecular flexibility index (Phi) is 6.78. The monoisotopic (exact) mass is 571 g/mol. The molecule has 6 nitrogen and oxygen atoms in total. The van der Waals surface area contributed by atoms with Gasteiger partial charge in [0.2, 0.25) is 0 Å². The topological polar surface area (TPSA) is 88.2 Å². The maximum Gasteiger partial charge on any atom is 0.261 e. The molecular weight excluding hydrogens is 550 g/mol. The molecule has 37 heavy (non-hydrogen) atoms. The predicted octanol–water partition coefficient (Wildman–Crippen LogP) is 7.03. The molecule has 0 fully saturated rings. The minimum absolute atomic E-state index is 0.182. The minimum Gasteiger partial charge on any atom is -0.322 e. The summed E-state index contributed by atoms with van der Waals surface area (Å²) in [6.45, 7) is 1.90. The number of sulfonamides is 1. The number of halogens is 1. The fourth-order valence-corrected chi connectivity index (χ4v) is 5.21. The summed E-state index contributed by atoms with van der Waals surface area (Å²) in [5, 5.41) is 3.65. The van der Waals surface area contributed by atoms with Gasteiger partial charge in [0.15, 0.2) is 0 Å². The second-order valence-corrected chi connectivity index (χ2v) is 11.1. The summed E-state index contributed by atoms with van der Waals surface area (Å²) >= 11 is 3.45. The molecule has 4 aromatic carbocycles. The number of para-hydroxylation sites is 1. The van der Waals surface area contributed by atoms with Crippen LogP contribution in [0.4, 0.5) is 11.4 Å². The Hall–Kier alpha value is -4.01. The Bertz CT molecular complexity index is 1700. The summed E-state index contributed by atoms with van der Waals surface area (Å²) < 4.78 is 28.9. The molecule has 1 heterocycles. The summed E-state index contributed by atoms with van der Waals surface area (Å²) in [6.07, 6.45) is 0. The van der Waals surface area contributed by atoms with Gasteiger partial charge in [0.05, 0.1) is 21.7 Å². The molecule has 0 bridgehead atoms. The van der Waals surface area contributed by atoms with Crippen LogP contribution in [-0.4, -0.2) is 19.3 Å². The third kappa shape index (κ3) is 5.55. The van der Waals surface area contributed by atoms with E-state index in [1.54, 1.807) is 54.6 Å². The van der Waals surface area contributed by atoms with Gasteiger partial charge in [-0.15, -0.1) is 0 Å². The standard InChI is InChI=1S/C29H22BrN3O3S/c1-19-6-16-24(17-7-19)37(35,36)33-23-14-12-22(13-15-23)31-29(34)26-18-28(20-8-10-21(30)11-9-20)32-27-5-3-2-4-25(26)27/h2-18,33H,1H3,(H,31,34). The van der Waals surface area contributed by atoms with Crippen LogP contribution in [0.1, 0.15) is 15.9 Å². The molecule has 1 amide bonds. The Balaban J connectivity index is 1.39. The lowest BCUT2D eigenvalue weighted by atomic mass is 10.0. The van der Waals surface area contributed by atoms with Crippen molar-refractivity contribution in [3.63, 3.8) is 0 Å². The maximum atomic E-state index is 13.3. The third-order valence-electron chi connectivity index (χ3n) is 5.83. The quantitative estimate of drug-likeness (QED) is 0.229. The van der Waals surface area contributed by atoms with Gasteiger partial charge < -0.3 is 5.32 Å². The molecule has 0 aliphatic carbocycles. The van der Waals surface area contributed by atoms with Crippen LogP contribution < -0.4 is 10.0 Å². The number of carbonyl (C=O) groups is 1. The SMILES string of the molecule is Cc1ccc(S(=O)(=O)Nc2ccc(NC(=O)c3cc(-c4ccc(Br)cc4)nc4ccccc34)cc2)cc1. The van der Waals surface area contributed by atoms with E-state index in [1.165, 1.54) is 0 Å². The molecule has 0 saturated heterocycles. The number of amides is 1. The molecule has 184 valence electrons. The van der Waals surface area contributed by atoms with Gasteiger partial charge in [-0.3, -0.25) is 9.52 Å². The number of pyridine rings is 1. The molecule has 5 rings (SSSR count). The van der Waals surface area contributed by atoms with Crippen molar-refractivity contribution in [1.29, 1.82) is 0 Å². The van der Waals surface area contributed by atoms with Crippen molar-refractivity contribution in [2.45, 2.75) is 11.8 Å². The lowest BCUT2D eigenvalue weighted by molar-refractivity contribution is 0.102. The van der Waals surface area contributed by atoms with Crippen molar-refractivity contribution in [2.24, 2.45) is 0 Å². The Morgan fingerprint density at radius 2 is 1.46 bits per heavy atom. The minimum atomic E-state index is -3.71. The van der Waals surface area contributed by atoms with E-state index in [1.807, 2.05) is 55.5 Å². The number of carbonyl (C=O) groups excluding carboxylic acids is 1. The molecule has 0 spiro atoms. The van der Waals surface area contributed by atoms with E-state index in [2.05, 4.69) is 26.0 Å². The Morgan fingerprint density at radius 1 is 0.811 bits per heavy atom. The fourth-order valence-electron chi connectivity index (χ4n) is 3.88. The lowest BCUT2D eigenvalue weighted by Crippen LogP contribution is -2.14. The van der Waals surface area contributed by atoms with E-state index in [4.69, 9.17) is 4.98 Å². The molecule has 8 heteroatoms. The largest absolute Gasteiger partial charge is 0.322 e. The van der Waals surface area contributed by atoms with Crippen molar-refractivity contribution >= 4 is 54.1 Å². The van der Waals surface area contributed by atoms with Crippen molar-refractivity contribution in [3.05, 3.63) is 119 Å². The molecule has 5 aromatic rings. The molecule has 0 atom stereocenters. The number of anilines is 2. The number of aryl methyl sites for hydroxylation is 1. The number of benzene rings is 4. The van der Waals surface area contributed by atoms with Gasteiger partial charge in [-0.2, -0.15) is 0 Å². The number of rotatable bonds is 6. The normalized spacial score (nSPS) is 11.3. The first kappa shape index (κ1) is 24.7. The lowest BCUT2D eigenvalue weighted by Gasteiger charge is -2.12. The highest BCUT2D eigenvalue weighted by molar-refractivity contribution is 9.10. The van der Waals surface area contributed by atoms with Gasteiger partial charge in [0.1, 0.15) is 0 Å². The molecule has 2 N–H and O–H groups in total. The number of hydrogen-bond donors (Lipinski definition) is 2. The van der Waals surface area contributed by atoms with E-state index in [-0.39, 0.29) is 10.8 Å². The summed E-state index contributed by atoms with van der Waals surface area (Å²) in [5.74, 6) is -0.287. The van der Waals surface area contributed by atoms with Crippen molar-refractivity contribution in [3.8, 4) is 11.3 Å². The van der Waals surface area contributed by atoms with Crippen LogP contribution in [0.2, 0.25) is 0 Å². The molecule has 0 saturated carbocycles. The van der Waals surface area contributed by atoms with Gasteiger partial charge in [0.25, 0.3) is 15.9 Å². The van der Waals surface area contributed by atoms with Crippen LogP contribution in [0.15, 0.2) is 112 Å². The number of nitrogens with one attached hydrogen (secondary N) is 2. The highest BCUT2D eigenvalue weighted by Crippen LogP contribution is 2.27. The zero-order chi connectivity index (χ0) is 26.0. The number of fused-ring (bicyclic) bond motifs is 1. The average molecular weight is 572 g/mol. The molecule has 0 radical (unpaired) electrons. The van der Waals surface area contributed by atoms with Crippen LogP contribution >= 0.6 is 15.9 Å². The van der Waals surface area contributed by atoms with Gasteiger partial charge in [-0.1, -0.05) is 64.0 Å². The van der Waals surface area contributed by atoms with Gasteiger partial charge in [-0.25, -0.2) is 13.4 Å². The first-order valence-electron chi connectivity index (χ1n) is 11.5. The highest BCUT2D eigenvalue weighted by atomic mass is 79.9. The molecule has 0 aliphatic rings. The van der Waals surface area contributed by atoms with Crippen LogP contribution in [0.5, 0.6) is 0 Å². The number of aromatic nitrogens is 1. The maximum absolute atomic E-state index is 13.3. The zero-order valence-electron chi connectivity index (χ0n) is 19.8. The van der Waals surface area contributed by atoms with Crippen LogP contribution in [0, 0.1) is 6.92 Å². The summed E-state index contributed by atoms with van der Waals surface area (Å²) in [7, 11) is -3.71. The average Bonchev–Trinajstić information content (AvgIpc) is 2.89. The zero-order valence-corrected chi connectivity index (χ0v) is 22.2. The Labute approximate surface area is 223 Å². The van der Waals surface area contributed by atoms with E-state index in [0.717, 1.165) is 21.0 Å². The number of hydrogen-bond acceptors (Lipinski definition) is 4.